The summed E-state index contributed by atoms with van der Waals surface area (Å²) in [5.74, 6) is -9.82. The van der Waals surface area contributed by atoms with Gasteiger partial charge in [0.2, 0.25) is 53.2 Å². The molecule has 27 heteroatoms. The number of aromatic hydroxyl groups is 1. The van der Waals surface area contributed by atoms with Gasteiger partial charge in [-0.3, -0.25) is 43.2 Å². The van der Waals surface area contributed by atoms with E-state index in [4.69, 9.17) is 22.9 Å². The first-order valence-corrected chi connectivity index (χ1v) is 25.5. The Morgan fingerprint density at radius 1 is 0.671 bits per heavy atom. The van der Waals surface area contributed by atoms with Gasteiger partial charge in [0.1, 0.15) is 54.1 Å². The van der Waals surface area contributed by atoms with Gasteiger partial charge in [-0.15, -0.1) is 0 Å². The molecule has 9 amide bonds. The molecule has 0 spiro atoms. The number of carbonyl (C=O) groups is 10. The fourth-order valence-electron chi connectivity index (χ4n) is 7.76. The number of nitrogens with zero attached hydrogens (tertiary/aromatic N) is 1. The molecule has 410 valence electrons. The lowest BCUT2D eigenvalue weighted by Gasteiger charge is -2.31. The third-order valence-corrected chi connectivity index (χ3v) is 12.5. The molecule has 0 radical (unpaired) electrons. The number of carboxylic acids is 1. The topological polar surface area (TPSA) is 423 Å². The van der Waals surface area contributed by atoms with Crippen LogP contribution in [0.2, 0.25) is 0 Å². The zero-order valence-corrected chi connectivity index (χ0v) is 43.3. The van der Waals surface area contributed by atoms with Gasteiger partial charge in [0.05, 0.1) is 18.6 Å². The lowest BCUT2D eigenvalue weighted by molar-refractivity contribution is -0.143. The number of aliphatic hydroxyl groups excluding tert-OH is 1. The van der Waals surface area contributed by atoms with Crippen molar-refractivity contribution in [1.82, 2.24) is 42.1 Å². The number of nitrogens with two attached hydrogens (primary N) is 4. The minimum absolute atomic E-state index is 0.00867. The van der Waals surface area contributed by atoms with Crippen LogP contribution in [0.15, 0.2) is 24.3 Å². The first-order chi connectivity index (χ1) is 34.5. The normalized spacial score (nSPS) is 17.0. The number of aliphatic carboxylic acids is 1. The number of aliphatic hydroxyl groups is 1. The van der Waals surface area contributed by atoms with E-state index < -0.39 is 126 Å². The van der Waals surface area contributed by atoms with Crippen LogP contribution in [0.5, 0.6) is 5.75 Å². The van der Waals surface area contributed by atoms with E-state index in [2.05, 4.69) is 62.5 Å². The van der Waals surface area contributed by atoms with Crippen LogP contribution < -0.4 is 60.2 Å². The van der Waals surface area contributed by atoms with Crippen LogP contribution in [0.3, 0.4) is 0 Å². The average Bonchev–Trinajstić information content (AvgIpc) is 3.83. The molecule has 1 fully saturated rings. The van der Waals surface area contributed by atoms with E-state index in [1.54, 1.807) is 13.8 Å². The van der Waals surface area contributed by atoms with E-state index in [1.165, 1.54) is 31.2 Å². The van der Waals surface area contributed by atoms with Crippen molar-refractivity contribution < 1.29 is 63.3 Å². The summed E-state index contributed by atoms with van der Waals surface area (Å²) in [6.45, 7) is 5.26. The van der Waals surface area contributed by atoms with Gasteiger partial charge in [-0.05, 0) is 101 Å². The largest absolute Gasteiger partial charge is 0.508 e. The molecule has 25 nitrogen and oxygen atoms in total. The van der Waals surface area contributed by atoms with Crippen molar-refractivity contribution in [1.29, 1.82) is 0 Å². The monoisotopic (exact) mass is 1070 g/mol. The highest BCUT2D eigenvalue weighted by Crippen LogP contribution is 2.21. The van der Waals surface area contributed by atoms with Crippen molar-refractivity contribution in [2.24, 2.45) is 28.9 Å². The van der Waals surface area contributed by atoms with Crippen molar-refractivity contribution >= 4 is 84.4 Å². The first-order valence-electron chi connectivity index (χ1n) is 24.3. The zero-order chi connectivity index (χ0) is 54.9. The highest BCUT2D eigenvalue weighted by atomic mass is 32.1. The van der Waals surface area contributed by atoms with Crippen LogP contribution in [0, 0.1) is 5.92 Å². The Labute approximate surface area is 435 Å². The number of unbranched alkanes of at least 4 members (excludes halogenated alkanes) is 2. The molecule has 1 heterocycles. The molecule has 0 saturated carbocycles. The fourth-order valence-corrected chi connectivity index (χ4v) is 8.17. The van der Waals surface area contributed by atoms with Gasteiger partial charge in [0.15, 0.2) is 0 Å². The maximum atomic E-state index is 14.6. The number of likely N-dealkylation sites (tertiary alicyclic amines) is 1. The van der Waals surface area contributed by atoms with Gasteiger partial charge in [-0.25, -0.2) is 4.79 Å². The molecule has 1 aliphatic rings. The van der Waals surface area contributed by atoms with E-state index >= 15 is 0 Å². The second kappa shape index (κ2) is 32.4. The Bertz CT molecular complexity index is 2040. The Kier molecular flexibility index (Phi) is 28.2. The molecule has 1 saturated heterocycles. The average molecular weight is 1070 g/mol. The number of nitrogens with one attached hydrogen (secondary N) is 7. The van der Waals surface area contributed by atoms with Gasteiger partial charge in [0, 0.05) is 24.5 Å². The van der Waals surface area contributed by atoms with Crippen LogP contribution in [0.25, 0.3) is 0 Å². The number of hydrogen-bond acceptors (Lipinski definition) is 17. The third-order valence-electron chi connectivity index (χ3n) is 11.8. The van der Waals surface area contributed by atoms with E-state index in [0.717, 1.165) is 4.90 Å². The number of amides is 9. The van der Waals surface area contributed by atoms with Gasteiger partial charge in [-0.2, -0.15) is 25.3 Å². The van der Waals surface area contributed by atoms with Crippen molar-refractivity contribution in [3.05, 3.63) is 29.8 Å². The van der Waals surface area contributed by atoms with Gasteiger partial charge >= 0.3 is 5.97 Å². The summed E-state index contributed by atoms with van der Waals surface area (Å²) in [6.07, 6.45) is -0.296. The van der Waals surface area contributed by atoms with Gasteiger partial charge in [-0.1, -0.05) is 26.0 Å². The van der Waals surface area contributed by atoms with Gasteiger partial charge in [0.25, 0.3) is 0 Å². The van der Waals surface area contributed by atoms with Crippen LogP contribution >= 0.6 is 25.3 Å². The molecular weight excluding hydrogens is 993 g/mol. The second-order valence-corrected chi connectivity index (χ2v) is 19.1. The molecule has 73 heavy (non-hydrogen) atoms. The molecule has 0 bridgehead atoms. The number of rotatable bonds is 33. The number of carboxylic acid groups (broad SMARTS) is 1. The number of phenolic OH excluding ortho intramolecular Hbond substituents is 1. The summed E-state index contributed by atoms with van der Waals surface area (Å²) in [6, 6.07) is -6.70. The minimum atomic E-state index is -1.72. The summed E-state index contributed by atoms with van der Waals surface area (Å²) in [5, 5.41) is 47.7. The highest BCUT2D eigenvalue weighted by Gasteiger charge is 2.41. The summed E-state index contributed by atoms with van der Waals surface area (Å²) in [4.78, 5) is 135. The van der Waals surface area contributed by atoms with Crippen molar-refractivity contribution in [2.75, 3.05) is 31.1 Å². The summed E-state index contributed by atoms with van der Waals surface area (Å²) in [7, 11) is 0. The van der Waals surface area contributed by atoms with Crippen LogP contribution in [0.1, 0.15) is 90.5 Å². The zero-order valence-electron chi connectivity index (χ0n) is 41.5. The lowest BCUT2D eigenvalue weighted by atomic mass is 10.0. The molecule has 1 aromatic rings. The molecule has 0 aromatic heterocycles. The number of thiol groups is 2. The summed E-state index contributed by atoms with van der Waals surface area (Å²) in [5.41, 5.74) is 23.1. The fraction of sp³-hybridized carbons (Fsp3) is 0.652. The number of phenols is 1. The Morgan fingerprint density at radius 3 is 1.66 bits per heavy atom. The van der Waals surface area contributed by atoms with Crippen molar-refractivity contribution in [3.8, 4) is 5.75 Å². The second-order valence-electron chi connectivity index (χ2n) is 18.3. The van der Waals surface area contributed by atoms with Crippen LogP contribution in [-0.4, -0.2) is 171 Å². The van der Waals surface area contributed by atoms with Crippen molar-refractivity contribution in [3.63, 3.8) is 0 Å². The lowest BCUT2D eigenvalue weighted by Crippen LogP contribution is -2.62. The maximum absolute atomic E-state index is 14.6. The van der Waals surface area contributed by atoms with Gasteiger partial charge < -0.3 is 80.4 Å². The predicted octanol–water partition coefficient (Wildman–Crippen LogP) is -3.85. The predicted molar refractivity (Wildman–Crippen MR) is 274 cm³/mol. The van der Waals surface area contributed by atoms with Crippen LogP contribution in [0.4, 0.5) is 0 Å². The Morgan fingerprint density at radius 2 is 1.16 bits per heavy atom. The standard InChI is InChI=1S/C46H76N12O13S2/c1-24(2)19-31(41(65)56-34(23-73)46(70)71)54-44(68)37(25(3)59)57-43(67)35-11-8-18-58(35)45(69)33(20-26-12-14-27(60)15-13-26)55-42(66)32(21-36(50)61)53-40(64)30(10-5-7-17-48)52-39(63)29(9-4-6-16-47)51-38(62)28(49)22-72/h12-15,24-25,28-35,37,59-60,72-73H,4-11,16-23,47-49H2,1-3H3,(H2,50,61)(H,51,62)(H,52,63)(H,53,64)(H,54,68)(H,55,66)(H,56,65)(H,57,67)(H,70,71)/t25-,28+,29+,30+,31+,32+,33+,34+,35+,37+/m1/s1. The molecule has 2 rings (SSSR count). The SMILES string of the molecule is CC(C)C[C@H](NC(=O)[C@@H](NC(=O)[C@@H]1CCCN1C(=O)[C@H](Cc1ccc(O)cc1)NC(=O)[C@H](CC(N)=O)NC(=O)[C@H](CCCCN)NC(=O)[C@H](CCCCN)NC(=O)[C@@H](N)CS)[C@@H](C)O)C(=O)N[C@@H](CS)C(=O)O. The van der Waals surface area contributed by atoms with E-state index in [1.807, 2.05) is 0 Å². The summed E-state index contributed by atoms with van der Waals surface area (Å²) >= 11 is 8.01. The van der Waals surface area contributed by atoms with Crippen molar-refractivity contribution in [2.45, 2.75) is 152 Å². The molecule has 0 aliphatic carbocycles. The molecule has 0 unspecified atom stereocenters. The van der Waals surface area contributed by atoms with E-state index in [9.17, 15) is 63.3 Å². The highest BCUT2D eigenvalue weighted by molar-refractivity contribution is 7.80. The van der Waals surface area contributed by atoms with E-state index in [-0.39, 0.29) is 74.8 Å². The number of primary amides is 1. The maximum Gasteiger partial charge on any atom is 0.327 e. The minimum Gasteiger partial charge on any atom is -0.508 e. The number of hydrogen-bond donors (Lipinski definition) is 16. The molecular formula is C46H76N12O13S2. The molecule has 10 atom stereocenters. The number of carbonyl (C=O) groups excluding carboxylic acids is 9. The van der Waals surface area contributed by atoms with E-state index in [0.29, 0.717) is 37.8 Å². The molecule has 1 aromatic carbocycles. The summed E-state index contributed by atoms with van der Waals surface area (Å²) < 4.78 is 0. The quantitative estimate of drug-likeness (QED) is 0.0237. The Balaban J connectivity index is 2.46. The van der Waals surface area contributed by atoms with Crippen LogP contribution in [-0.2, 0) is 54.4 Å². The Hall–Kier alpha value is -5.74. The first kappa shape index (κ1) is 63.4. The smallest absolute Gasteiger partial charge is 0.327 e. The number of benzene rings is 1. The third kappa shape index (κ3) is 21.7. The molecule has 18 N–H and O–H groups in total. The molecule has 1 aliphatic heterocycles.